The first kappa shape index (κ1) is 24.9. The Hall–Kier alpha value is -2.18. The van der Waals surface area contributed by atoms with Crippen LogP contribution in [0.2, 0.25) is 0 Å². The molecular weight excluding hydrogens is 432 g/mol. The van der Waals surface area contributed by atoms with Crippen LogP contribution < -0.4 is 0 Å². The minimum atomic E-state index is -0.760. The van der Waals surface area contributed by atoms with E-state index in [1.54, 1.807) is 6.08 Å². The van der Waals surface area contributed by atoms with Crippen molar-refractivity contribution in [3.05, 3.63) is 42.0 Å². The Balaban J connectivity index is 1.70. The van der Waals surface area contributed by atoms with E-state index in [0.717, 1.165) is 18.4 Å². The fourth-order valence-electron chi connectivity index (χ4n) is 6.87. The van der Waals surface area contributed by atoms with E-state index in [-0.39, 0.29) is 23.7 Å². The quantitative estimate of drug-likeness (QED) is 0.470. The van der Waals surface area contributed by atoms with Crippen molar-refractivity contribution in [2.75, 3.05) is 6.61 Å². The Morgan fingerprint density at radius 1 is 1.15 bits per heavy atom. The van der Waals surface area contributed by atoms with Gasteiger partial charge in [-0.1, -0.05) is 58.0 Å². The predicted molar refractivity (Wildman–Crippen MR) is 129 cm³/mol. The summed E-state index contributed by atoms with van der Waals surface area (Å²) in [6, 6.07) is 9.67. The number of hydrogen-bond acceptors (Lipinski definition) is 6. The van der Waals surface area contributed by atoms with Crippen LogP contribution in [0.15, 0.2) is 36.4 Å². The Morgan fingerprint density at radius 3 is 2.47 bits per heavy atom. The number of aliphatic hydroxyl groups excluding tert-OH is 1. The summed E-state index contributed by atoms with van der Waals surface area (Å²) in [5.41, 5.74) is -0.503. The SMILES string of the molecule is CC(C)[C@@H]1CC[C@@H]2[C@@H]1[C@H](OC(=O)/C=C/c1ccccc1)[C@@]1(C(C)C)C[C@@H](OC(=O)CO)[C@]2(C)O1. The van der Waals surface area contributed by atoms with Gasteiger partial charge in [0.05, 0.1) is 0 Å². The molecule has 4 rings (SSSR count). The molecule has 1 aromatic carbocycles. The van der Waals surface area contributed by atoms with E-state index in [0.29, 0.717) is 18.3 Å². The van der Waals surface area contributed by atoms with Crippen LogP contribution >= 0.6 is 0 Å². The monoisotopic (exact) mass is 470 g/mol. The lowest BCUT2D eigenvalue weighted by atomic mass is 9.67. The highest BCUT2D eigenvalue weighted by atomic mass is 16.6. The van der Waals surface area contributed by atoms with Gasteiger partial charge in [0.25, 0.3) is 0 Å². The Labute approximate surface area is 202 Å². The number of benzene rings is 1. The molecule has 3 fully saturated rings. The molecule has 0 radical (unpaired) electrons. The molecule has 0 unspecified atom stereocenters. The van der Waals surface area contributed by atoms with Gasteiger partial charge in [0, 0.05) is 18.4 Å². The third-order valence-electron chi connectivity index (χ3n) is 8.58. The first-order valence-electron chi connectivity index (χ1n) is 12.6. The third kappa shape index (κ3) is 4.20. The fourth-order valence-corrected chi connectivity index (χ4v) is 6.87. The van der Waals surface area contributed by atoms with Gasteiger partial charge in [-0.05, 0) is 55.1 Å². The first-order chi connectivity index (χ1) is 16.1. The fraction of sp³-hybridized carbons (Fsp3) is 0.643. The van der Waals surface area contributed by atoms with Crippen molar-refractivity contribution in [2.24, 2.45) is 29.6 Å². The standard InChI is InChI=1S/C28H38O6/c1-17(2)20-12-13-21-25(20)26(33-23(30)14-11-19-9-7-6-8-10-19)28(18(3)4)15-22(27(21,5)34-28)32-24(31)16-29/h6-11,14,17-18,20-22,25-26,29H,12-13,15-16H2,1-5H3/b14-11+/t20-,21+,22+,25+,26-,27+,28-/m0/s1. The maximum atomic E-state index is 13.1. The van der Waals surface area contributed by atoms with Gasteiger partial charge in [0.15, 0.2) is 0 Å². The minimum Gasteiger partial charge on any atom is -0.457 e. The minimum absolute atomic E-state index is 0.0370. The summed E-state index contributed by atoms with van der Waals surface area (Å²) in [7, 11) is 0. The molecule has 1 saturated carbocycles. The average Bonchev–Trinajstić information content (AvgIpc) is 3.36. The van der Waals surface area contributed by atoms with Gasteiger partial charge >= 0.3 is 11.9 Å². The zero-order valence-electron chi connectivity index (χ0n) is 20.9. The van der Waals surface area contributed by atoms with E-state index in [2.05, 4.69) is 27.7 Å². The van der Waals surface area contributed by atoms with Crippen molar-refractivity contribution in [3.8, 4) is 0 Å². The second-order valence-electron chi connectivity index (χ2n) is 11.0. The summed E-state index contributed by atoms with van der Waals surface area (Å²) in [5.74, 6) is 0.0413. The largest absolute Gasteiger partial charge is 0.457 e. The summed E-state index contributed by atoms with van der Waals surface area (Å²) in [6.45, 7) is 10.00. The summed E-state index contributed by atoms with van der Waals surface area (Å²) in [4.78, 5) is 25.2. The number of rotatable bonds is 7. The first-order valence-corrected chi connectivity index (χ1v) is 12.6. The lowest BCUT2D eigenvalue weighted by molar-refractivity contribution is -0.266. The van der Waals surface area contributed by atoms with Crippen molar-refractivity contribution in [3.63, 3.8) is 0 Å². The summed E-state index contributed by atoms with van der Waals surface area (Å²) >= 11 is 0. The molecule has 6 nitrogen and oxygen atoms in total. The molecule has 2 bridgehead atoms. The van der Waals surface area contributed by atoms with Gasteiger partial charge < -0.3 is 19.3 Å². The number of ether oxygens (including phenoxy) is 3. The summed E-state index contributed by atoms with van der Waals surface area (Å²) < 4.78 is 18.9. The van der Waals surface area contributed by atoms with Gasteiger partial charge in [-0.2, -0.15) is 0 Å². The molecule has 1 aromatic rings. The molecule has 6 heteroatoms. The molecule has 2 heterocycles. The molecule has 186 valence electrons. The summed E-state index contributed by atoms with van der Waals surface area (Å²) in [6.07, 6.45) is 4.73. The Morgan fingerprint density at radius 2 is 1.85 bits per heavy atom. The van der Waals surface area contributed by atoms with Crippen LogP contribution in [-0.2, 0) is 23.8 Å². The summed E-state index contributed by atoms with van der Waals surface area (Å²) in [5, 5.41) is 9.33. The van der Waals surface area contributed by atoms with Crippen LogP contribution in [0, 0.1) is 29.6 Å². The number of carbonyl (C=O) groups excluding carboxylic acids is 2. The highest BCUT2D eigenvalue weighted by Crippen LogP contribution is 2.64. The maximum Gasteiger partial charge on any atom is 0.332 e. The number of fused-ring (bicyclic) bond motifs is 4. The molecule has 2 aliphatic heterocycles. The number of hydrogen-bond donors (Lipinski definition) is 1. The van der Waals surface area contributed by atoms with Gasteiger partial charge in [-0.25, -0.2) is 9.59 Å². The number of aliphatic hydroxyl groups is 1. The van der Waals surface area contributed by atoms with Crippen LogP contribution in [0.5, 0.6) is 0 Å². The molecule has 0 spiro atoms. The smallest absolute Gasteiger partial charge is 0.332 e. The van der Waals surface area contributed by atoms with Crippen molar-refractivity contribution in [1.82, 2.24) is 0 Å². The molecule has 0 aromatic heterocycles. The van der Waals surface area contributed by atoms with Crippen LogP contribution in [-0.4, -0.2) is 47.1 Å². The van der Waals surface area contributed by atoms with Crippen molar-refractivity contribution in [1.29, 1.82) is 0 Å². The van der Waals surface area contributed by atoms with E-state index in [1.807, 2.05) is 37.3 Å². The normalized spacial score (nSPS) is 36.8. The second-order valence-corrected chi connectivity index (χ2v) is 11.0. The van der Waals surface area contributed by atoms with E-state index < -0.39 is 36.0 Å². The zero-order valence-corrected chi connectivity index (χ0v) is 20.9. The van der Waals surface area contributed by atoms with Crippen LogP contribution in [0.1, 0.15) is 59.4 Å². The van der Waals surface area contributed by atoms with E-state index in [9.17, 15) is 14.7 Å². The Kier molecular flexibility index (Phi) is 6.94. The lowest BCUT2D eigenvalue weighted by Gasteiger charge is -2.53. The van der Waals surface area contributed by atoms with E-state index >= 15 is 0 Å². The topological polar surface area (TPSA) is 82.1 Å². The van der Waals surface area contributed by atoms with Gasteiger partial charge in [-0.3, -0.25) is 0 Å². The highest BCUT2D eigenvalue weighted by molar-refractivity contribution is 5.87. The molecule has 3 aliphatic rings. The van der Waals surface area contributed by atoms with Gasteiger partial charge in [0.2, 0.25) is 0 Å². The molecule has 7 atom stereocenters. The van der Waals surface area contributed by atoms with Crippen LogP contribution in [0.4, 0.5) is 0 Å². The van der Waals surface area contributed by atoms with Crippen molar-refractivity contribution >= 4 is 18.0 Å². The zero-order chi connectivity index (χ0) is 24.7. The van der Waals surface area contributed by atoms with Gasteiger partial charge in [-0.15, -0.1) is 0 Å². The number of carbonyl (C=O) groups is 2. The molecule has 0 amide bonds. The molecule has 2 saturated heterocycles. The molecular formula is C28H38O6. The maximum absolute atomic E-state index is 13.1. The second kappa shape index (κ2) is 9.46. The van der Waals surface area contributed by atoms with Gasteiger partial charge in [0.1, 0.15) is 30.0 Å². The number of esters is 2. The third-order valence-corrected chi connectivity index (χ3v) is 8.58. The van der Waals surface area contributed by atoms with Crippen molar-refractivity contribution in [2.45, 2.75) is 77.3 Å². The van der Waals surface area contributed by atoms with E-state index in [1.165, 1.54) is 6.08 Å². The Bertz CT molecular complexity index is 924. The van der Waals surface area contributed by atoms with Crippen LogP contribution in [0.25, 0.3) is 6.08 Å². The lowest BCUT2D eigenvalue weighted by Crippen LogP contribution is -2.62. The average molecular weight is 471 g/mol. The highest BCUT2D eigenvalue weighted by Gasteiger charge is 2.72. The molecule has 34 heavy (non-hydrogen) atoms. The molecule has 1 aliphatic carbocycles. The van der Waals surface area contributed by atoms with E-state index in [4.69, 9.17) is 14.2 Å². The van der Waals surface area contributed by atoms with Crippen LogP contribution in [0.3, 0.4) is 0 Å². The molecule has 1 N–H and O–H groups in total. The van der Waals surface area contributed by atoms with Crippen molar-refractivity contribution < 1.29 is 28.9 Å². The predicted octanol–water partition coefficient (Wildman–Crippen LogP) is 4.40.